The predicted octanol–water partition coefficient (Wildman–Crippen LogP) is 2.95. The second kappa shape index (κ2) is 6.64. The van der Waals surface area contributed by atoms with Crippen molar-refractivity contribution in [2.75, 3.05) is 18.8 Å². The largest absolute Gasteiger partial charge is 0.459 e. The third-order valence-corrected chi connectivity index (χ3v) is 4.23. The Labute approximate surface area is 125 Å². The van der Waals surface area contributed by atoms with Gasteiger partial charge in [0.05, 0.1) is 0 Å². The van der Waals surface area contributed by atoms with E-state index in [0.717, 1.165) is 25.4 Å². The summed E-state index contributed by atoms with van der Waals surface area (Å²) in [6, 6.07) is 10.4. The van der Waals surface area contributed by atoms with Crippen molar-refractivity contribution < 1.29 is 9.53 Å². The molecule has 2 rings (SSSR count). The second-order valence-corrected chi connectivity index (χ2v) is 7.42. The van der Waals surface area contributed by atoms with E-state index in [4.69, 9.17) is 4.74 Å². The number of carbonyl (C=O) groups excluding carboxylic acids is 1. The minimum atomic E-state index is -0.403. The van der Waals surface area contributed by atoms with E-state index >= 15 is 0 Å². The fraction of sp³-hybridized carbons (Fsp3) is 0.562. The minimum Gasteiger partial charge on any atom is -0.459 e. The van der Waals surface area contributed by atoms with Gasteiger partial charge in [0.1, 0.15) is 10.9 Å². The van der Waals surface area contributed by atoms with Crippen molar-refractivity contribution in [1.82, 2.24) is 4.90 Å². The van der Waals surface area contributed by atoms with Gasteiger partial charge in [0.15, 0.2) is 0 Å². The molecule has 0 radical (unpaired) electrons. The molecule has 110 valence electrons. The molecule has 1 atom stereocenters. The zero-order valence-electron chi connectivity index (χ0n) is 12.5. The first kappa shape index (κ1) is 15.4. The Morgan fingerprint density at radius 2 is 2.05 bits per heavy atom. The number of ether oxygens (including phenoxy) is 1. The Bertz CT molecular complexity index is 442. The van der Waals surface area contributed by atoms with Gasteiger partial charge >= 0.3 is 5.97 Å². The molecule has 0 spiro atoms. The zero-order valence-corrected chi connectivity index (χ0v) is 13.3. The Kier molecular flexibility index (Phi) is 5.11. The van der Waals surface area contributed by atoms with Crippen LogP contribution in [0.25, 0.3) is 0 Å². The van der Waals surface area contributed by atoms with E-state index < -0.39 is 5.60 Å². The summed E-state index contributed by atoms with van der Waals surface area (Å²) in [5.74, 6) is 0.900. The van der Waals surface area contributed by atoms with Crippen LogP contribution in [0.15, 0.2) is 30.3 Å². The molecule has 1 aliphatic heterocycles. The average molecular weight is 293 g/mol. The number of hydrogen-bond donors (Lipinski definition) is 0. The van der Waals surface area contributed by atoms with Crippen LogP contribution in [0.1, 0.15) is 26.3 Å². The van der Waals surface area contributed by atoms with E-state index in [2.05, 4.69) is 29.2 Å². The summed E-state index contributed by atoms with van der Waals surface area (Å²) in [7, 11) is 0. The molecule has 0 amide bonds. The van der Waals surface area contributed by atoms with Gasteiger partial charge in [-0.3, -0.25) is 9.69 Å². The molecule has 1 aromatic carbocycles. The SMILES string of the molecule is CC(C)(C)OC(=O)[C@@H]1CN(Cc2ccccc2)CCS1. The summed E-state index contributed by atoms with van der Waals surface area (Å²) in [5, 5.41) is -0.0633. The molecular formula is C16H23NO2S. The number of carbonyl (C=O) groups is 1. The highest BCUT2D eigenvalue weighted by molar-refractivity contribution is 8.00. The van der Waals surface area contributed by atoms with Crippen LogP contribution in [0.4, 0.5) is 0 Å². The van der Waals surface area contributed by atoms with Crippen molar-refractivity contribution in [2.24, 2.45) is 0 Å². The normalized spacial score (nSPS) is 20.6. The Balaban J connectivity index is 1.90. The quantitative estimate of drug-likeness (QED) is 0.801. The molecule has 1 aliphatic rings. The second-order valence-electron chi connectivity index (χ2n) is 6.11. The Hall–Kier alpha value is -1.00. The molecule has 0 N–H and O–H groups in total. The van der Waals surface area contributed by atoms with Crippen LogP contribution in [0, 0.1) is 0 Å². The van der Waals surface area contributed by atoms with Crippen molar-refractivity contribution >= 4 is 17.7 Å². The summed E-state index contributed by atoms with van der Waals surface area (Å²) in [6.07, 6.45) is 0. The molecule has 1 aromatic rings. The fourth-order valence-corrected chi connectivity index (χ4v) is 3.35. The van der Waals surface area contributed by atoms with Crippen LogP contribution in [0.2, 0.25) is 0 Å². The highest BCUT2D eigenvalue weighted by Crippen LogP contribution is 2.23. The van der Waals surface area contributed by atoms with Gasteiger partial charge in [0.2, 0.25) is 0 Å². The van der Waals surface area contributed by atoms with E-state index in [1.807, 2.05) is 26.8 Å². The molecule has 1 heterocycles. The first-order valence-electron chi connectivity index (χ1n) is 7.05. The summed E-state index contributed by atoms with van der Waals surface area (Å²) < 4.78 is 5.49. The molecular weight excluding hydrogens is 270 g/mol. The van der Waals surface area contributed by atoms with Gasteiger partial charge in [0, 0.05) is 25.4 Å². The molecule has 0 aromatic heterocycles. The third kappa shape index (κ3) is 4.84. The van der Waals surface area contributed by atoms with Gasteiger partial charge < -0.3 is 4.74 Å². The van der Waals surface area contributed by atoms with Gasteiger partial charge in [-0.1, -0.05) is 30.3 Å². The van der Waals surface area contributed by atoms with Crippen molar-refractivity contribution in [3.8, 4) is 0 Å². The Morgan fingerprint density at radius 1 is 1.35 bits per heavy atom. The van der Waals surface area contributed by atoms with Gasteiger partial charge in [-0.05, 0) is 26.3 Å². The zero-order chi connectivity index (χ0) is 14.6. The maximum Gasteiger partial charge on any atom is 0.320 e. The molecule has 20 heavy (non-hydrogen) atoms. The van der Waals surface area contributed by atoms with Crippen molar-refractivity contribution in [3.05, 3.63) is 35.9 Å². The molecule has 1 fully saturated rings. The maximum absolute atomic E-state index is 12.1. The van der Waals surface area contributed by atoms with Crippen molar-refractivity contribution in [3.63, 3.8) is 0 Å². The van der Waals surface area contributed by atoms with Crippen LogP contribution in [-0.4, -0.2) is 40.6 Å². The topological polar surface area (TPSA) is 29.5 Å². The lowest BCUT2D eigenvalue weighted by molar-refractivity contribution is -0.154. The highest BCUT2D eigenvalue weighted by Gasteiger charge is 2.30. The molecule has 1 saturated heterocycles. The van der Waals surface area contributed by atoms with E-state index in [1.54, 1.807) is 11.8 Å². The maximum atomic E-state index is 12.1. The molecule has 0 bridgehead atoms. The van der Waals surface area contributed by atoms with Gasteiger partial charge in [-0.2, -0.15) is 0 Å². The van der Waals surface area contributed by atoms with Crippen LogP contribution in [0.3, 0.4) is 0 Å². The lowest BCUT2D eigenvalue weighted by Gasteiger charge is -2.32. The number of thioether (sulfide) groups is 1. The molecule has 3 nitrogen and oxygen atoms in total. The van der Waals surface area contributed by atoms with E-state index in [0.29, 0.717) is 0 Å². The van der Waals surface area contributed by atoms with Crippen molar-refractivity contribution in [2.45, 2.75) is 38.2 Å². The lowest BCUT2D eigenvalue weighted by Crippen LogP contribution is -2.43. The lowest BCUT2D eigenvalue weighted by atomic mass is 10.2. The summed E-state index contributed by atoms with van der Waals surface area (Å²) in [4.78, 5) is 14.5. The number of nitrogens with zero attached hydrogens (tertiary/aromatic N) is 1. The van der Waals surface area contributed by atoms with E-state index in [-0.39, 0.29) is 11.2 Å². The first-order valence-corrected chi connectivity index (χ1v) is 8.10. The van der Waals surface area contributed by atoms with Gasteiger partial charge in [-0.15, -0.1) is 11.8 Å². The van der Waals surface area contributed by atoms with Crippen LogP contribution in [-0.2, 0) is 16.1 Å². The average Bonchev–Trinajstić information content (AvgIpc) is 2.38. The monoisotopic (exact) mass is 293 g/mol. The highest BCUT2D eigenvalue weighted by atomic mass is 32.2. The molecule has 4 heteroatoms. The number of rotatable bonds is 3. The van der Waals surface area contributed by atoms with E-state index in [1.165, 1.54) is 5.56 Å². The standard InChI is InChI=1S/C16H23NO2S/c1-16(2,3)19-15(18)14-12-17(9-10-20-14)11-13-7-5-4-6-8-13/h4-8,14H,9-12H2,1-3H3/t14-/m0/s1. The van der Waals surface area contributed by atoms with Crippen LogP contribution in [0.5, 0.6) is 0 Å². The third-order valence-electron chi connectivity index (χ3n) is 3.07. The van der Waals surface area contributed by atoms with Crippen molar-refractivity contribution in [1.29, 1.82) is 0 Å². The van der Waals surface area contributed by atoms with Gasteiger partial charge in [-0.25, -0.2) is 0 Å². The molecule has 0 aliphatic carbocycles. The summed E-state index contributed by atoms with van der Waals surface area (Å²) in [6.45, 7) is 8.45. The molecule has 0 unspecified atom stereocenters. The number of benzene rings is 1. The van der Waals surface area contributed by atoms with Crippen LogP contribution < -0.4 is 0 Å². The van der Waals surface area contributed by atoms with E-state index in [9.17, 15) is 4.79 Å². The smallest absolute Gasteiger partial charge is 0.320 e. The fourth-order valence-electron chi connectivity index (χ4n) is 2.20. The van der Waals surface area contributed by atoms with Gasteiger partial charge in [0.25, 0.3) is 0 Å². The predicted molar refractivity (Wildman–Crippen MR) is 83.8 cm³/mol. The van der Waals surface area contributed by atoms with Crippen LogP contribution >= 0.6 is 11.8 Å². The number of hydrogen-bond acceptors (Lipinski definition) is 4. The minimum absolute atomic E-state index is 0.0633. The Morgan fingerprint density at radius 3 is 2.70 bits per heavy atom. The molecule has 0 saturated carbocycles. The summed E-state index contributed by atoms with van der Waals surface area (Å²) >= 11 is 1.71. The summed E-state index contributed by atoms with van der Waals surface area (Å²) in [5.41, 5.74) is 0.890. The first-order chi connectivity index (χ1) is 9.44. The number of esters is 1.